The lowest BCUT2D eigenvalue weighted by Gasteiger charge is -2.24. The first kappa shape index (κ1) is 27.6. The minimum Gasteiger partial charge on any atom is -0.480 e. The van der Waals surface area contributed by atoms with Crippen LogP contribution in [0.5, 0.6) is 0 Å². The highest BCUT2D eigenvalue weighted by Crippen LogP contribution is 2.04. The van der Waals surface area contributed by atoms with Gasteiger partial charge in [-0.3, -0.25) is 29.0 Å². The van der Waals surface area contributed by atoms with E-state index in [1.165, 1.54) is 0 Å². The van der Waals surface area contributed by atoms with Crippen LogP contribution in [-0.2, 0) is 24.0 Å². The Balaban J connectivity index is 5.37. The third-order valence-electron chi connectivity index (χ3n) is 4.05. The summed E-state index contributed by atoms with van der Waals surface area (Å²) < 4.78 is 0. The fraction of sp³-hybridized carbons (Fsp3) is 0.647. The van der Waals surface area contributed by atoms with Gasteiger partial charge in [-0.1, -0.05) is 13.8 Å². The van der Waals surface area contributed by atoms with Crippen LogP contribution in [0.3, 0.4) is 0 Å². The van der Waals surface area contributed by atoms with E-state index < -0.39 is 60.7 Å². The summed E-state index contributed by atoms with van der Waals surface area (Å²) in [6.07, 6.45) is -0.171. The first-order valence-electron chi connectivity index (χ1n) is 9.54. The van der Waals surface area contributed by atoms with E-state index in [0.29, 0.717) is 6.42 Å². The number of primary amides is 1. The lowest BCUT2D eigenvalue weighted by Crippen LogP contribution is -2.57. The third kappa shape index (κ3) is 12.0. The summed E-state index contributed by atoms with van der Waals surface area (Å²) in [5.41, 5.74) is 21.4. The number of hydrogen-bond acceptors (Lipinski definition) is 7. The van der Waals surface area contributed by atoms with Gasteiger partial charge in [-0.05, 0) is 18.8 Å². The molecule has 12 N–H and O–H groups in total. The molecule has 0 aromatic carbocycles. The lowest BCUT2D eigenvalue weighted by molar-refractivity contribution is -0.138. The van der Waals surface area contributed by atoms with Crippen molar-refractivity contribution in [1.29, 1.82) is 0 Å². The molecule has 0 aliphatic rings. The van der Waals surface area contributed by atoms with Crippen LogP contribution in [-0.4, -0.2) is 71.9 Å². The second kappa shape index (κ2) is 13.7. The molecule has 0 fully saturated rings. The van der Waals surface area contributed by atoms with E-state index in [2.05, 4.69) is 20.9 Å². The van der Waals surface area contributed by atoms with Crippen molar-refractivity contribution >= 4 is 35.6 Å². The van der Waals surface area contributed by atoms with Crippen LogP contribution in [0, 0.1) is 5.92 Å². The number of nitrogens with one attached hydrogen (secondary N) is 3. The molecular formula is C17H32N8O6. The molecule has 0 radical (unpaired) electrons. The molecule has 3 atom stereocenters. The summed E-state index contributed by atoms with van der Waals surface area (Å²) in [6, 6.07) is -3.43. The zero-order valence-corrected chi connectivity index (χ0v) is 17.6. The van der Waals surface area contributed by atoms with E-state index in [4.69, 9.17) is 28.0 Å². The molecule has 0 bridgehead atoms. The summed E-state index contributed by atoms with van der Waals surface area (Å²) in [6.45, 7) is 2.93. The molecule has 0 aromatic heterocycles. The minimum absolute atomic E-state index is 0.0964. The summed E-state index contributed by atoms with van der Waals surface area (Å²) in [5, 5.41) is 15.5. The fourth-order valence-corrected chi connectivity index (χ4v) is 2.31. The zero-order valence-electron chi connectivity index (χ0n) is 17.6. The monoisotopic (exact) mass is 444 g/mol. The standard InChI is InChI=1S/C17H32N8O6/c1-8(2)13(19)16(31)24-9(4-3-5-22-17(20)21)15(30)25-10(6-11(18)26)14(29)23-7-12(27)28/h8-10,13H,3-7,19H2,1-2H3,(H2,18,26)(H,23,29)(H,24,31)(H,25,30)(H,27,28)(H4,20,21,22). The van der Waals surface area contributed by atoms with Crippen LogP contribution in [0.15, 0.2) is 4.99 Å². The lowest BCUT2D eigenvalue weighted by atomic mass is 10.0. The van der Waals surface area contributed by atoms with Crippen LogP contribution < -0.4 is 38.9 Å². The molecule has 3 unspecified atom stereocenters. The number of carboxylic acid groups (broad SMARTS) is 1. The van der Waals surface area contributed by atoms with E-state index in [-0.39, 0.29) is 24.8 Å². The topological polar surface area (TPSA) is 258 Å². The molecule has 4 amide bonds. The highest BCUT2D eigenvalue weighted by Gasteiger charge is 2.29. The number of aliphatic carboxylic acids is 1. The number of carbonyl (C=O) groups is 5. The Morgan fingerprint density at radius 3 is 2.00 bits per heavy atom. The van der Waals surface area contributed by atoms with Gasteiger partial charge in [0, 0.05) is 6.54 Å². The molecule has 0 heterocycles. The Morgan fingerprint density at radius 2 is 1.52 bits per heavy atom. The largest absolute Gasteiger partial charge is 0.480 e. The van der Waals surface area contributed by atoms with Gasteiger partial charge in [0.15, 0.2) is 5.96 Å². The normalized spacial score (nSPS) is 13.4. The number of amides is 4. The van der Waals surface area contributed by atoms with Crippen molar-refractivity contribution in [2.45, 2.75) is 51.2 Å². The van der Waals surface area contributed by atoms with Gasteiger partial charge in [-0.25, -0.2) is 0 Å². The summed E-state index contributed by atoms with van der Waals surface area (Å²) in [5.74, 6) is -4.84. The van der Waals surface area contributed by atoms with Gasteiger partial charge in [0.2, 0.25) is 23.6 Å². The maximum absolute atomic E-state index is 12.7. The molecule has 0 saturated heterocycles. The molecule has 176 valence electrons. The third-order valence-corrected chi connectivity index (χ3v) is 4.05. The Morgan fingerprint density at radius 1 is 0.935 bits per heavy atom. The average Bonchev–Trinajstić information content (AvgIpc) is 2.66. The van der Waals surface area contributed by atoms with Gasteiger partial charge in [0.05, 0.1) is 12.5 Å². The average molecular weight is 444 g/mol. The maximum Gasteiger partial charge on any atom is 0.322 e. The summed E-state index contributed by atoms with van der Waals surface area (Å²) in [4.78, 5) is 62.9. The zero-order chi connectivity index (χ0) is 24.1. The van der Waals surface area contributed by atoms with E-state index in [9.17, 15) is 24.0 Å². The number of nitrogens with zero attached hydrogens (tertiary/aromatic N) is 1. The molecule has 0 spiro atoms. The van der Waals surface area contributed by atoms with Crippen LogP contribution in [0.4, 0.5) is 0 Å². The van der Waals surface area contributed by atoms with Crippen molar-refractivity contribution in [3.8, 4) is 0 Å². The van der Waals surface area contributed by atoms with E-state index in [1.54, 1.807) is 13.8 Å². The number of carbonyl (C=O) groups excluding carboxylic acids is 4. The number of aliphatic imine (C=N–C) groups is 1. The van der Waals surface area contributed by atoms with Gasteiger partial charge >= 0.3 is 5.97 Å². The van der Waals surface area contributed by atoms with Crippen molar-refractivity contribution in [3.05, 3.63) is 0 Å². The van der Waals surface area contributed by atoms with Crippen LogP contribution in [0.1, 0.15) is 33.1 Å². The van der Waals surface area contributed by atoms with Crippen LogP contribution in [0.2, 0.25) is 0 Å². The quantitative estimate of drug-likeness (QED) is 0.0737. The van der Waals surface area contributed by atoms with Crippen LogP contribution in [0.25, 0.3) is 0 Å². The first-order valence-corrected chi connectivity index (χ1v) is 9.54. The number of guanidine groups is 1. The van der Waals surface area contributed by atoms with Gasteiger partial charge in [-0.15, -0.1) is 0 Å². The number of rotatable bonds is 14. The number of nitrogens with two attached hydrogens (primary N) is 4. The molecule has 0 rings (SSSR count). The molecule has 14 nitrogen and oxygen atoms in total. The predicted octanol–water partition coefficient (Wildman–Crippen LogP) is -3.93. The maximum atomic E-state index is 12.7. The Labute approximate surface area is 179 Å². The van der Waals surface area contributed by atoms with E-state index in [0.717, 1.165) is 0 Å². The molecular weight excluding hydrogens is 412 g/mol. The molecule has 0 saturated carbocycles. The van der Waals surface area contributed by atoms with Crippen molar-refractivity contribution in [3.63, 3.8) is 0 Å². The van der Waals surface area contributed by atoms with Gasteiger partial charge in [0.25, 0.3) is 0 Å². The molecule has 0 aliphatic heterocycles. The highest BCUT2D eigenvalue weighted by atomic mass is 16.4. The minimum atomic E-state index is -1.43. The molecule has 14 heteroatoms. The predicted molar refractivity (Wildman–Crippen MR) is 111 cm³/mol. The van der Waals surface area contributed by atoms with Gasteiger partial charge in [-0.2, -0.15) is 0 Å². The summed E-state index contributed by atoms with van der Waals surface area (Å²) in [7, 11) is 0. The second-order valence-corrected chi connectivity index (χ2v) is 7.12. The van der Waals surface area contributed by atoms with Crippen molar-refractivity contribution < 1.29 is 29.1 Å². The first-order chi connectivity index (χ1) is 14.3. The van der Waals surface area contributed by atoms with Gasteiger partial charge < -0.3 is 44.0 Å². The SMILES string of the molecule is CC(C)C(N)C(=O)NC(CCCN=C(N)N)C(=O)NC(CC(N)=O)C(=O)NCC(=O)O. The second-order valence-electron chi connectivity index (χ2n) is 7.12. The van der Waals surface area contributed by atoms with Crippen LogP contribution >= 0.6 is 0 Å². The summed E-state index contributed by atoms with van der Waals surface area (Å²) >= 11 is 0. The molecule has 0 aromatic rings. The smallest absolute Gasteiger partial charge is 0.322 e. The Hall–Kier alpha value is -3.42. The Bertz CT molecular complexity index is 692. The Kier molecular flexibility index (Phi) is 12.2. The molecule has 31 heavy (non-hydrogen) atoms. The van der Waals surface area contributed by atoms with E-state index in [1.807, 2.05) is 0 Å². The van der Waals surface area contributed by atoms with Crippen molar-refractivity contribution in [1.82, 2.24) is 16.0 Å². The van der Waals surface area contributed by atoms with Gasteiger partial charge in [0.1, 0.15) is 18.6 Å². The van der Waals surface area contributed by atoms with E-state index >= 15 is 0 Å². The highest BCUT2D eigenvalue weighted by molar-refractivity contribution is 5.95. The van der Waals surface area contributed by atoms with Crippen molar-refractivity contribution in [2.24, 2.45) is 33.8 Å². The number of carboxylic acids is 1. The number of hydrogen-bond donors (Lipinski definition) is 8. The van der Waals surface area contributed by atoms with Crippen molar-refractivity contribution in [2.75, 3.05) is 13.1 Å². The molecule has 0 aliphatic carbocycles. The fourth-order valence-electron chi connectivity index (χ4n) is 2.31.